The number of β-amino-alcohol motifs (C(OH)–C–C–N with tert-alkyl or cyclic N) is 1. The molecule has 0 bridgehead atoms. The summed E-state index contributed by atoms with van der Waals surface area (Å²) in [4.78, 5) is 14.0. The standard InChI is InChI=1S/C15H27NO2/c1-2-9-15(18)11-16(12-15)14(17)10-13-7-5-3-4-6-8-13/h13,18H,2-12H2,1H3. The van der Waals surface area contributed by atoms with Crippen molar-refractivity contribution in [3.63, 3.8) is 0 Å². The Balaban J connectivity index is 1.72. The third-order valence-corrected chi connectivity index (χ3v) is 4.48. The first kappa shape index (κ1) is 13.9. The van der Waals surface area contributed by atoms with Crippen LogP contribution in [0.3, 0.4) is 0 Å². The zero-order chi connectivity index (χ0) is 13.0. The predicted octanol–water partition coefficient (Wildman–Crippen LogP) is 2.72. The fourth-order valence-electron chi connectivity index (χ4n) is 3.41. The van der Waals surface area contributed by atoms with Crippen LogP contribution in [0.5, 0.6) is 0 Å². The summed E-state index contributed by atoms with van der Waals surface area (Å²) in [6.07, 6.45) is 10.2. The first-order valence-corrected chi connectivity index (χ1v) is 7.63. The number of carbonyl (C=O) groups excluding carboxylic acids is 1. The van der Waals surface area contributed by atoms with Gasteiger partial charge >= 0.3 is 0 Å². The van der Waals surface area contributed by atoms with E-state index in [-0.39, 0.29) is 5.91 Å². The number of carbonyl (C=O) groups is 1. The lowest BCUT2D eigenvalue weighted by atomic mass is 9.87. The minimum atomic E-state index is -0.576. The molecule has 1 aliphatic carbocycles. The number of likely N-dealkylation sites (tertiary alicyclic amines) is 1. The maximum atomic E-state index is 12.1. The minimum absolute atomic E-state index is 0.266. The molecule has 104 valence electrons. The van der Waals surface area contributed by atoms with Gasteiger partial charge < -0.3 is 10.0 Å². The molecule has 2 rings (SSSR count). The average Bonchev–Trinajstić information content (AvgIpc) is 2.54. The summed E-state index contributed by atoms with van der Waals surface area (Å²) in [6, 6.07) is 0. The second-order valence-electron chi connectivity index (χ2n) is 6.29. The fourth-order valence-corrected chi connectivity index (χ4v) is 3.41. The monoisotopic (exact) mass is 253 g/mol. The zero-order valence-electron chi connectivity index (χ0n) is 11.7. The molecule has 1 aliphatic heterocycles. The van der Waals surface area contributed by atoms with E-state index in [0.717, 1.165) is 12.8 Å². The molecule has 1 amide bonds. The van der Waals surface area contributed by atoms with Gasteiger partial charge in [-0.15, -0.1) is 0 Å². The second kappa shape index (κ2) is 6.05. The summed E-state index contributed by atoms with van der Waals surface area (Å²) in [6.45, 7) is 3.20. The van der Waals surface area contributed by atoms with Crippen LogP contribution in [0.4, 0.5) is 0 Å². The lowest BCUT2D eigenvalue weighted by Crippen LogP contribution is -2.63. The van der Waals surface area contributed by atoms with E-state index in [2.05, 4.69) is 6.92 Å². The lowest BCUT2D eigenvalue weighted by Gasteiger charge is -2.47. The third kappa shape index (κ3) is 3.47. The molecular formula is C15H27NO2. The summed E-state index contributed by atoms with van der Waals surface area (Å²) in [5.74, 6) is 0.863. The highest BCUT2D eigenvalue weighted by Crippen LogP contribution is 2.30. The van der Waals surface area contributed by atoms with Crippen LogP contribution < -0.4 is 0 Å². The summed E-state index contributed by atoms with van der Waals surface area (Å²) in [5, 5.41) is 10.1. The van der Waals surface area contributed by atoms with Gasteiger partial charge in [0, 0.05) is 6.42 Å². The third-order valence-electron chi connectivity index (χ3n) is 4.48. The molecule has 3 heteroatoms. The number of aliphatic hydroxyl groups is 1. The Morgan fingerprint density at radius 3 is 2.39 bits per heavy atom. The SMILES string of the molecule is CCCC1(O)CN(C(=O)CC2CCCCCC2)C1. The number of hydrogen-bond donors (Lipinski definition) is 1. The molecule has 0 aromatic rings. The number of amides is 1. The summed E-state index contributed by atoms with van der Waals surface area (Å²) in [7, 11) is 0. The summed E-state index contributed by atoms with van der Waals surface area (Å²) < 4.78 is 0. The molecule has 1 N–H and O–H groups in total. The zero-order valence-corrected chi connectivity index (χ0v) is 11.7. The van der Waals surface area contributed by atoms with E-state index in [1.54, 1.807) is 0 Å². The van der Waals surface area contributed by atoms with E-state index in [9.17, 15) is 9.90 Å². The van der Waals surface area contributed by atoms with Crippen LogP contribution in [0.1, 0.15) is 64.7 Å². The highest BCUT2D eigenvalue weighted by Gasteiger charge is 2.42. The first-order chi connectivity index (χ1) is 8.63. The largest absolute Gasteiger partial charge is 0.386 e. The van der Waals surface area contributed by atoms with Crippen molar-refractivity contribution < 1.29 is 9.90 Å². The van der Waals surface area contributed by atoms with E-state index in [0.29, 0.717) is 25.4 Å². The second-order valence-corrected chi connectivity index (χ2v) is 6.29. The number of hydrogen-bond acceptors (Lipinski definition) is 2. The average molecular weight is 253 g/mol. The lowest BCUT2D eigenvalue weighted by molar-refractivity contribution is -0.157. The van der Waals surface area contributed by atoms with Crippen molar-refractivity contribution in [1.29, 1.82) is 0 Å². The van der Waals surface area contributed by atoms with Gasteiger partial charge in [-0.05, 0) is 25.2 Å². The van der Waals surface area contributed by atoms with Crippen molar-refractivity contribution in [2.24, 2.45) is 5.92 Å². The van der Waals surface area contributed by atoms with Crippen LogP contribution in [0.25, 0.3) is 0 Å². The topological polar surface area (TPSA) is 40.5 Å². The van der Waals surface area contributed by atoms with Crippen LogP contribution in [0.2, 0.25) is 0 Å². The van der Waals surface area contributed by atoms with Crippen LogP contribution in [-0.2, 0) is 4.79 Å². The summed E-state index contributed by atoms with van der Waals surface area (Å²) in [5.41, 5.74) is -0.576. The Kier molecular flexibility index (Phi) is 4.66. The Bertz CT molecular complexity index is 276. The van der Waals surface area contributed by atoms with E-state index in [1.807, 2.05) is 4.90 Å². The van der Waals surface area contributed by atoms with Gasteiger partial charge in [0.2, 0.25) is 5.91 Å². The van der Waals surface area contributed by atoms with Gasteiger partial charge in [0.15, 0.2) is 0 Å². The van der Waals surface area contributed by atoms with Crippen LogP contribution >= 0.6 is 0 Å². The Labute approximate surface area is 111 Å². The van der Waals surface area contributed by atoms with Crippen LogP contribution in [-0.4, -0.2) is 34.6 Å². The van der Waals surface area contributed by atoms with Gasteiger partial charge in [-0.2, -0.15) is 0 Å². The number of rotatable bonds is 4. The molecule has 0 aromatic carbocycles. The molecule has 2 aliphatic rings. The Morgan fingerprint density at radius 2 is 1.83 bits per heavy atom. The molecule has 0 radical (unpaired) electrons. The fraction of sp³-hybridized carbons (Fsp3) is 0.933. The molecule has 18 heavy (non-hydrogen) atoms. The summed E-state index contributed by atoms with van der Waals surface area (Å²) >= 11 is 0. The van der Waals surface area contributed by atoms with Crippen molar-refractivity contribution in [2.75, 3.05) is 13.1 Å². The van der Waals surface area contributed by atoms with Crippen molar-refractivity contribution in [3.05, 3.63) is 0 Å². The Hall–Kier alpha value is -0.570. The molecule has 0 unspecified atom stereocenters. The van der Waals surface area contributed by atoms with E-state index in [1.165, 1.54) is 38.5 Å². The quantitative estimate of drug-likeness (QED) is 0.783. The maximum absolute atomic E-state index is 12.1. The normalized spacial score (nSPS) is 24.4. The molecule has 1 saturated carbocycles. The first-order valence-electron chi connectivity index (χ1n) is 7.63. The van der Waals surface area contributed by atoms with Crippen LogP contribution in [0.15, 0.2) is 0 Å². The highest BCUT2D eigenvalue weighted by atomic mass is 16.3. The number of nitrogens with zero attached hydrogens (tertiary/aromatic N) is 1. The molecule has 0 atom stereocenters. The Morgan fingerprint density at radius 1 is 1.22 bits per heavy atom. The van der Waals surface area contributed by atoms with E-state index >= 15 is 0 Å². The van der Waals surface area contributed by atoms with Crippen molar-refractivity contribution in [3.8, 4) is 0 Å². The van der Waals surface area contributed by atoms with Gasteiger partial charge in [-0.25, -0.2) is 0 Å². The van der Waals surface area contributed by atoms with Crippen molar-refractivity contribution in [2.45, 2.75) is 70.3 Å². The van der Waals surface area contributed by atoms with E-state index < -0.39 is 5.60 Å². The van der Waals surface area contributed by atoms with Gasteiger partial charge in [-0.3, -0.25) is 4.79 Å². The molecule has 1 saturated heterocycles. The maximum Gasteiger partial charge on any atom is 0.223 e. The molecule has 3 nitrogen and oxygen atoms in total. The molecule has 0 aromatic heterocycles. The van der Waals surface area contributed by atoms with Gasteiger partial charge in [0.25, 0.3) is 0 Å². The smallest absolute Gasteiger partial charge is 0.223 e. The molecule has 0 spiro atoms. The van der Waals surface area contributed by atoms with E-state index in [4.69, 9.17) is 0 Å². The molecule has 1 heterocycles. The molecular weight excluding hydrogens is 226 g/mol. The van der Waals surface area contributed by atoms with Crippen LogP contribution in [0, 0.1) is 5.92 Å². The van der Waals surface area contributed by atoms with Gasteiger partial charge in [-0.1, -0.05) is 39.0 Å². The molecule has 2 fully saturated rings. The van der Waals surface area contributed by atoms with Gasteiger partial charge in [0.1, 0.15) is 0 Å². The van der Waals surface area contributed by atoms with Crippen molar-refractivity contribution in [1.82, 2.24) is 4.90 Å². The minimum Gasteiger partial charge on any atom is -0.386 e. The predicted molar refractivity (Wildman–Crippen MR) is 72.2 cm³/mol. The highest BCUT2D eigenvalue weighted by molar-refractivity contribution is 5.77. The van der Waals surface area contributed by atoms with Gasteiger partial charge in [0.05, 0.1) is 18.7 Å². The van der Waals surface area contributed by atoms with Crippen molar-refractivity contribution >= 4 is 5.91 Å².